The molecule has 0 N–H and O–H groups in total. The third kappa shape index (κ3) is 3.19. The van der Waals surface area contributed by atoms with Crippen molar-refractivity contribution in [2.75, 3.05) is 25.5 Å². The van der Waals surface area contributed by atoms with Crippen molar-refractivity contribution in [3.63, 3.8) is 0 Å². The number of pyridine rings is 1. The lowest BCUT2D eigenvalue weighted by atomic mass is 10.1. The molecule has 2 heterocycles. The molecule has 0 unspecified atom stereocenters. The maximum Gasteiger partial charge on any atom is 0.254 e. The van der Waals surface area contributed by atoms with E-state index in [1.54, 1.807) is 6.20 Å². The second kappa shape index (κ2) is 7.08. The number of benzene rings is 1. The molecule has 1 aliphatic carbocycles. The summed E-state index contributed by atoms with van der Waals surface area (Å²) < 4.78 is 6.18. The first-order valence-electron chi connectivity index (χ1n) is 9.23. The Balaban J connectivity index is 1.43. The van der Waals surface area contributed by atoms with E-state index in [1.165, 1.54) is 0 Å². The van der Waals surface area contributed by atoms with Crippen LogP contribution in [0.1, 0.15) is 28.9 Å². The number of aromatic nitrogens is 1. The summed E-state index contributed by atoms with van der Waals surface area (Å²) in [7, 11) is 4.00. The van der Waals surface area contributed by atoms with Crippen molar-refractivity contribution in [1.82, 2.24) is 9.88 Å². The van der Waals surface area contributed by atoms with Gasteiger partial charge >= 0.3 is 0 Å². The third-order valence-electron chi connectivity index (χ3n) is 5.55. The summed E-state index contributed by atoms with van der Waals surface area (Å²) in [4.78, 5) is 21.4. The second-order valence-electron chi connectivity index (χ2n) is 7.40. The maximum atomic E-state index is 13.0. The number of nitrogens with zero attached hydrogens (tertiary/aromatic N) is 3. The lowest BCUT2D eigenvalue weighted by molar-refractivity contribution is 0.0144. The number of fused-ring (bicyclic) bond motifs is 2. The van der Waals surface area contributed by atoms with Gasteiger partial charge in [-0.1, -0.05) is 6.07 Å². The van der Waals surface area contributed by atoms with Crippen molar-refractivity contribution in [2.24, 2.45) is 5.92 Å². The second-order valence-corrected chi connectivity index (χ2v) is 7.40. The molecule has 26 heavy (non-hydrogen) atoms. The van der Waals surface area contributed by atoms with Gasteiger partial charge in [-0.3, -0.25) is 9.78 Å². The van der Waals surface area contributed by atoms with Crippen LogP contribution in [0, 0.1) is 5.92 Å². The molecule has 2 aliphatic rings. The number of ether oxygens (including phenoxy) is 1. The molecule has 4 rings (SSSR count). The number of piperidine rings is 1. The smallest absolute Gasteiger partial charge is 0.254 e. The lowest BCUT2D eigenvalue weighted by Crippen LogP contribution is -2.40. The summed E-state index contributed by atoms with van der Waals surface area (Å²) in [5.41, 5.74) is 2.80. The van der Waals surface area contributed by atoms with Gasteiger partial charge in [-0.25, -0.2) is 0 Å². The van der Waals surface area contributed by atoms with Gasteiger partial charge in [0, 0.05) is 44.0 Å². The number of hydrogen-bond acceptors (Lipinski definition) is 4. The summed E-state index contributed by atoms with van der Waals surface area (Å²) in [6, 6.07) is 13.9. The van der Waals surface area contributed by atoms with Gasteiger partial charge in [0.05, 0.1) is 24.4 Å². The average molecular weight is 351 g/mol. The van der Waals surface area contributed by atoms with E-state index in [4.69, 9.17) is 4.74 Å². The molecule has 2 bridgehead atoms. The van der Waals surface area contributed by atoms with E-state index in [2.05, 4.69) is 4.98 Å². The van der Waals surface area contributed by atoms with Gasteiger partial charge in [0.2, 0.25) is 0 Å². The maximum absolute atomic E-state index is 13.0. The molecule has 1 amide bonds. The number of likely N-dealkylation sites (tertiary alicyclic amines) is 1. The molecular weight excluding hydrogens is 326 g/mol. The van der Waals surface area contributed by atoms with Crippen LogP contribution in [0.15, 0.2) is 48.7 Å². The minimum atomic E-state index is 0.119. The number of carbonyl (C=O) groups excluding carboxylic acids is 1. The average Bonchev–Trinajstić information content (AvgIpc) is 3.23. The lowest BCUT2D eigenvalue weighted by Gasteiger charge is -2.27. The Morgan fingerprint density at radius 1 is 1.19 bits per heavy atom. The molecular formula is C21H25N3O2. The van der Waals surface area contributed by atoms with Crippen molar-refractivity contribution < 1.29 is 9.53 Å². The standard InChI is InChI=1S/C21H25N3O2/c1-23(2)18-9-6-15(7-10-18)21(25)24-13-16-8-11-19(24)20(16)26-14-17-5-3-4-12-22-17/h3-7,9-10,12,16,19-20H,8,11,13-14H2,1-2H3/t16-,19+,20-/m1/s1. The number of hydrogen-bond donors (Lipinski definition) is 0. The van der Waals surface area contributed by atoms with Gasteiger partial charge < -0.3 is 14.5 Å². The fourth-order valence-corrected chi connectivity index (χ4v) is 4.16. The molecule has 5 nitrogen and oxygen atoms in total. The summed E-state index contributed by atoms with van der Waals surface area (Å²) in [6.45, 7) is 1.31. The van der Waals surface area contributed by atoms with Gasteiger partial charge in [0.15, 0.2) is 0 Å². The number of rotatable bonds is 5. The van der Waals surface area contributed by atoms with E-state index in [-0.39, 0.29) is 18.1 Å². The van der Waals surface area contributed by atoms with Crippen molar-refractivity contribution in [3.8, 4) is 0 Å². The summed E-state index contributed by atoms with van der Waals surface area (Å²) >= 11 is 0. The molecule has 2 aromatic rings. The first kappa shape index (κ1) is 17.0. The molecule has 1 saturated heterocycles. The van der Waals surface area contributed by atoms with Crippen LogP contribution in [0.2, 0.25) is 0 Å². The summed E-state index contributed by atoms with van der Waals surface area (Å²) in [5.74, 6) is 0.558. The molecule has 3 atom stereocenters. The van der Waals surface area contributed by atoms with Crippen molar-refractivity contribution >= 4 is 11.6 Å². The fraction of sp³-hybridized carbons (Fsp3) is 0.429. The third-order valence-corrected chi connectivity index (χ3v) is 5.55. The summed E-state index contributed by atoms with van der Waals surface area (Å²) in [6.07, 6.45) is 4.08. The molecule has 1 saturated carbocycles. The van der Waals surface area contributed by atoms with Crippen LogP contribution in [0.25, 0.3) is 0 Å². The van der Waals surface area contributed by atoms with Crippen molar-refractivity contribution in [2.45, 2.75) is 31.6 Å². The zero-order valence-electron chi connectivity index (χ0n) is 15.3. The van der Waals surface area contributed by atoms with Gasteiger partial charge in [0.1, 0.15) is 0 Å². The molecule has 0 radical (unpaired) electrons. The topological polar surface area (TPSA) is 45.7 Å². The molecule has 1 aromatic heterocycles. The van der Waals surface area contributed by atoms with E-state index in [1.807, 2.05) is 66.4 Å². The van der Waals surface area contributed by atoms with Crippen LogP contribution >= 0.6 is 0 Å². The van der Waals surface area contributed by atoms with Gasteiger partial charge in [-0.15, -0.1) is 0 Å². The Morgan fingerprint density at radius 3 is 2.69 bits per heavy atom. The molecule has 2 fully saturated rings. The van der Waals surface area contributed by atoms with Crippen LogP contribution in [0.5, 0.6) is 0 Å². The fourth-order valence-electron chi connectivity index (χ4n) is 4.16. The quantitative estimate of drug-likeness (QED) is 0.831. The van der Waals surface area contributed by atoms with Crippen LogP contribution in [0.4, 0.5) is 5.69 Å². The number of anilines is 1. The molecule has 1 aliphatic heterocycles. The van der Waals surface area contributed by atoms with E-state index in [9.17, 15) is 4.79 Å². The Morgan fingerprint density at radius 2 is 2.00 bits per heavy atom. The number of carbonyl (C=O) groups is 1. The Hall–Kier alpha value is -2.40. The highest BCUT2D eigenvalue weighted by Gasteiger charge is 2.49. The first-order chi connectivity index (χ1) is 12.6. The zero-order chi connectivity index (χ0) is 18.1. The highest BCUT2D eigenvalue weighted by atomic mass is 16.5. The normalized spacial score (nSPS) is 24.1. The monoisotopic (exact) mass is 351 g/mol. The first-order valence-corrected chi connectivity index (χ1v) is 9.23. The van der Waals surface area contributed by atoms with E-state index in [0.29, 0.717) is 12.5 Å². The van der Waals surface area contributed by atoms with Crippen molar-refractivity contribution in [3.05, 3.63) is 59.9 Å². The number of amides is 1. The van der Waals surface area contributed by atoms with Gasteiger partial charge in [-0.05, 0) is 49.2 Å². The predicted octanol–water partition coefficient (Wildman–Crippen LogP) is 2.97. The van der Waals surface area contributed by atoms with Crippen LogP contribution in [-0.4, -0.2) is 48.6 Å². The van der Waals surface area contributed by atoms with Gasteiger partial charge in [0.25, 0.3) is 5.91 Å². The Labute approximate surface area is 154 Å². The van der Waals surface area contributed by atoms with Crippen molar-refractivity contribution in [1.29, 1.82) is 0 Å². The Bertz CT molecular complexity index is 761. The van der Waals surface area contributed by atoms with Gasteiger partial charge in [-0.2, -0.15) is 0 Å². The van der Waals surface area contributed by atoms with E-state index < -0.39 is 0 Å². The Kier molecular flexibility index (Phi) is 4.64. The van der Waals surface area contributed by atoms with Crippen LogP contribution < -0.4 is 4.90 Å². The highest BCUT2D eigenvalue weighted by Crippen LogP contribution is 2.40. The van der Waals surface area contributed by atoms with Crippen LogP contribution in [-0.2, 0) is 11.3 Å². The molecule has 5 heteroatoms. The predicted molar refractivity (Wildman–Crippen MR) is 101 cm³/mol. The highest BCUT2D eigenvalue weighted by molar-refractivity contribution is 5.95. The van der Waals surface area contributed by atoms with Crippen LogP contribution in [0.3, 0.4) is 0 Å². The largest absolute Gasteiger partial charge is 0.378 e. The minimum absolute atomic E-state index is 0.119. The van der Waals surface area contributed by atoms with E-state index >= 15 is 0 Å². The van der Waals surface area contributed by atoms with E-state index in [0.717, 1.165) is 36.3 Å². The minimum Gasteiger partial charge on any atom is -0.378 e. The summed E-state index contributed by atoms with van der Waals surface area (Å²) in [5, 5.41) is 0. The SMILES string of the molecule is CN(C)c1ccc(C(=O)N2C[C@H]3CC[C@H]2[C@@H]3OCc2ccccn2)cc1. The molecule has 1 aromatic carbocycles. The zero-order valence-corrected chi connectivity index (χ0v) is 15.3. The molecule has 136 valence electrons. The molecule has 0 spiro atoms.